The predicted molar refractivity (Wildman–Crippen MR) is 119 cm³/mol. The number of thioether (sulfide) groups is 1. The van der Waals surface area contributed by atoms with Crippen LogP contribution >= 0.6 is 23.4 Å². The predicted octanol–water partition coefficient (Wildman–Crippen LogP) is 5.27. The fourth-order valence-corrected chi connectivity index (χ4v) is 5.06. The number of fused-ring (bicyclic) bond motifs is 1. The van der Waals surface area contributed by atoms with Crippen LogP contribution in [0.5, 0.6) is 0 Å². The highest BCUT2D eigenvalue weighted by molar-refractivity contribution is 8.04. The number of hydrogen-bond donors (Lipinski definition) is 1. The maximum Gasteiger partial charge on any atom is 0.265 e. The summed E-state index contributed by atoms with van der Waals surface area (Å²) in [4.78, 5) is 29.0. The van der Waals surface area contributed by atoms with Crippen molar-refractivity contribution in [2.45, 2.75) is 43.0 Å². The van der Waals surface area contributed by atoms with Crippen LogP contribution < -0.4 is 10.2 Å². The Morgan fingerprint density at radius 3 is 2.62 bits per heavy atom. The molecule has 0 spiro atoms. The maximum atomic E-state index is 13.2. The summed E-state index contributed by atoms with van der Waals surface area (Å²) in [6.07, 6.45) is 7.37. The van der Waals surface area contributed by atoms with Crippen molar-refractivity contribution in [3.63, 3.8) is 0 Å². The van der Waals surface area contributed by atoms with Crippen LogP contribution in [0, 0.1) is 0 Å². The quantitative estimate of drug-likeness (QED) is 0.677. The number of carbonyl (C=O) groups is 2. The van der Waals surface area contributed by atoms with Gasteiger partial charge < -0.3 is 5.32 Å². The van der Waals surface area contributed by atoms with E-state index in [-0.39, 0.29) is 24.4 Å². The number of nitrogens with one attached hydrogen (secondary N) is 1. The molecule has 1 aliphatic heterocycles. The van der Waals surface area contributed by atoms with Gasteiger partial charge in [0, 0.05) is 16.0 Å². The summed E-state index contributed by atoms with van der Waals surface area (Å²) in [6.45, 7) is 0.0206. The van der Waals surface area contributed by atoms with Crippen molar-refractivity contribution in [3.8, 4) is 0 Å². The molecule has 0 radical (unpaired) electrons. The molecule has 4 rings (SSSR count). The van der Waals surface area contributed by atoms with Gasteiger partial charge in [0.05, 0.1) is 10.6 Å². The van der Waals surface area contributed by atoms with E-state index in [9.17, 15) is 9.59 Å². The van der Waals surface area contributed by atoms with Crippen LogP contribution in [0.3, 0.4) is 0 Å². The van der Waals surface area contributed by atoms with Crippen molar-refractivity contribution < 1.29 is 9.59 Å². The molecule has 4 nitrogen and oxygen atoms in total. The Morgan fingerprint density at radius 1 is 1.10 bits per heavy atom. The van der Waals surface area contributed by atoms with Crippen LogP contribution in [-0.4, -0.2) is 24.4 Å². The van der Waals surface area contributed by atoms with Gasteiger partial charge in [-0.2, -0.15) is 0 Å². The number of nitrogens with zero attached hydrogens (tertiary/aromatic N) is 1. The van der Waals surface area contributed by atoms with Crippen LogP contribution in [0.2, 0.25) is 5.02 Å². The molecule has 0 bridgehead atoms. The fourth-order valence-electron chi connectivity index (χ4n) is 3.82. The Bertz CT molecular complexity index is 953. The van der Waals surface area contributed by atoms with Gasteiger partial charge in [0.2, 0.25) is 5.91 Å². The number of amides is 2. The fraction of sp³-hybridized carbons (Fsp3) is 0.304. The molecule has 0 saturated heterocycles. The van der Waals surface area contributed by atoms with E-state index < -0.39 is 0 Å². The third kappa shape index (κ3) is 4.68. The molecule has 29 heavy (non-hydrogen) atoms. The number of halogens is 1. The molecule has 2 aliphatic rings. The molecule has 2 aromatic carbocycles. The summed E-state index contributed by atoms with van der Waals surface area (Å²) in [5.74, 6) is -0.281. The minimum Gasteiger partial charge on any atom is -0.352 e. The zero-order valence-corrected chi connectivity index (χ0v) is 17.6. The second-order valence-corrected chi connectivity index (χ2v) is 8.88. The smallest absolute Gasteiger partial charge is 0.265 e. The topological polar surface area (TPSA) is 49.4 Å². The Hall–Kier alpha value is -2.24. The summed E-state index contributed by atoms with van der Waals surface area (Å²) in [6, 6.07) is 15.3. The first-order valence-corrected chi connectivity index (χ1v) is 11.2. The highest BCUT2D eigenvalue weighted by Gasteiger charge is 2.31. The van der Waals surface area contributed by atoms with Crippen molar-refractivity contribution in [2.24, 2.45) is 0 Å². The van der Waals surface area contributed by atoms with E-state index in [1.165, 1.54) is 18.2 Å². The molecule has 1 N–H and O–H groups in total. The molecule has 1 heterocycles. The lowest BCUT2D eigenvalue weighted by atomic mass is 9.95. The Balaban J connectivity index is 1.59. The van der Waals surface area contributed by atoms with Crippen LogP contribution in [-0.2, 0) is 9.59 Å². The van der Waals surface area contributed by atoms with E-state index in [2.05, 4.69) is 5.32 Å². The van der Waals surface area contributed by atoms with E-state index in [0.717, 1.165) is 41.8 Å². The lowest BCUT2D eigenvalue weighted by molar-refractivity contribution is -0.123. The first-order valence-electron chi connectivity index (χ1n) is 9.96. The van der Waals surface area contributed by atoms with Crippen molar-refractivity contribution in [2.75, 3.05) is 11.4 Å². The summed E-state index contributed by atoms with van der Waals surface area (Å²) >= 11 is 7.69. The van der Waals surface area contributed by atoms with Crippen LogP contribution in [0.1, 0.15) is 37.7 Å². The van der Waals surface area contributed by atoms with E-state index in [1.54, 1.807) is 17.0 Å². The first-order chi connectivity index (χ1) is 14.1. The van der Waals surface area contributed by atoms with Gasteiger partial charge in [0.15, 0.2) is 0 Å². The highest BCUT2D eigenvalue weighted by atomic mass is 35.5. The monoisotopic (exact) mass is 426 g/mol. The molecule has 0 atom stereocenters. The zero-order chi connectivity index (χ0) is 20.2. The lowest BCUT2D eigenvalue weighted by Crippen LogP contribution is -2.46. The second-order valence-electron chi connectivity index (χ2n) is 7.39. The summed E-state index contributed by atoms with van der Waals surface area (Å²) < 4.78 is 0. The van der Waals surface area contributed by atoms with Gasteiger partial charge in [-0.15, -0.1) is 0 Å². The van der Waals surface area contributed by atoms with Crippen LogP contribution in [0.4, 0.5) is 5.69 Å². The minimum absolute atomic E-state index is 0.0206. The molecular formula is C23H23ClN2O2S. The summed E-state index contributed by atoms with van der Waals surface area (Å²) in [5, 5.41) is 3.70. The van der Waals surface area contributed by atoms with Gasteiger partial charge in [-0.25, -0.2) is 0 Å². The third-order valence-corrected chi connectivity index (χ3v) is 6.72. The van der Waals surface area contributed by atoms with E-state index in [4.69, 9.17) is 11.6 Å². The number of anilines is 1. The van der Waals surface area contributed by atoms with Crippen LogP contribution in [0.25, 0.3) is 6.08 Å². The second kappa shape index (κ2) is 9.06. The zero-order valence-electron chi connectivity index (χ0n) is 16.1. The Kier molecular flexibility index (Phi) is 6.26. The number of para-hydroxylation sites is 1. The van der Waals surface area contributed by atoms with Gasteiger partial charge in [0.1, 0.15) is 6.54 Å². The van der Waals surface area contributed by atoms with E-state index in [1.807, 2.05) is 42.5 Å². The van der Waals surface area contributed by atoms with Crippen LogP contribution in [0.15, 0.2) is 58.3 Å². The number of rotatable bonds is 4. The molecule has 2 amide bonds. The summed E-state index contributed by atoms with van der Waals surface area (Å²) in [7, 11) is 0. The van der Waals surface area contributed by atoms with Crippen molar-refractivity contribution in [1.29, 1.82) is 0 Å². The normalized spacial score (nSPS) is 18.6. The summed E-state index contributed by atoms with van der Waals surface area (Å²) in [5.41, 5.74) is 1.56. The van der Waals surface area contributed by atoms with Crippen molar-refractivity contribution in [1.82, 2.24) is 5.32 Å². The molecular weight excluding hydrogens is 404 g/mol. The molecule has 0 aromatic heterocycles. The van der Waals surface area contributed by atoms with Gasteiger partial charge in [0.25, 0.3) is 5.91 Å². The van der Waals surface area contributed by atoms with Gasteiger partial charge in [-0.3, -0.25) is 14.5 Å². The van der Waals surface area contributed by atoms with Gasteiger partial charge in [-0.05, 0) is 42.7 Å². The highest BCUT2D eigenvalue weighted by Crippen LogP contribution is 2.42. The minimum atomic E-state index is -0.174. The lowest BCUT2D eigenvalue weighted by Gasteiger charge is -2.31. The van der Waals surface area contributed by atoms with E-state index in [0.29, 0.717) is 9.93 Å². The molecule has 6 heteroatoms. The Labute approximate surface area is 180 Å². The SMILES string of the molecule is O=C(CN1C(=O)/C(=C\c2ccccc2Cl)Sc2ccccc21)NC1CCCCC1. The number of carbonyl (C=O) groups excluding carboxylic acids is 2. The van der Waals surface area contributed by atoms with Gasteiger partial charge >= 0.3 is 0 Å². The standard InChI is InChI=1S/C23H23ClN2O2S/c24-18-11-5-4-8-16(18)14-21-23(28)26(19-12-6-7-13-20(19)29-21)15-22(27)25-17-9-2-1-3-10-17/h4-8,11-14,17H,1-3,9-10,15H2,(H,25,27)/b21-14+. The Morgan fingerprint density at radius 2 is 1.83 bits per heavy atom. The maximum absolute atomic E-state index is 13.2. The number of benzene rings is 2. The van der Waals surface area contributed by atoms with Crippen molar-refractivity contribution in [3.05, 3.63) is 64.0 Å². The largest absolute Gasteiger partial charge is 0.352 e. The number of hydrogen-bond acceptors (Lipinski definition) is 3. The van der Waals surface area contributed by atoms with E-state index >= 15 is 0 Å². The van der Waals surface area contributed by atoms with Crippen molar-refractivity contribution >= 4 is 46.9 Å². The molecule has 150 valence electrons. The average molecular weight is 427 g/mol. The average Bonchev–Trinajstić information content (AvgIpc) is 2.73. The molecule has 1 fully saturated rings. The molecule has 0 unspecified atom stereocenters. The molecule has 2 aromatic rings. The first kappa shape index (κ1) is 20.0. The molecule has 1 saturated carbocycles. The van der Waals surface area contributed by atoms with Gasteiger partial charge in [-0.1, -0.05) is 73.0 Å². The molecule has 1 aliphatic carbocycles. The third-order valence-electron chi connectivity index (χ3n) is 5.30.